The van der Waals surface area contributed by atoms with Gasteiger partial charge in [0.05, 0.1) is 12.1 Å². The van der Waals surface area contributed by atoms with Crippen molar-refractivity contribution in [3.8, 4) is 6.07 Å². The molecule has 0 aliphatic heterocycles. The summed E-state index contributed by atoms with van der Waals surface area (Å²) in [6, 6.07) is 11.4. The van der Waals surface area contributed by atoms with Crippen LogP contribution in [-0.4, -0.2) is 17.6 Å². The average Bonchev–Trinajstić information content (AvgIpc) is 2.41. The van der Waals surface area contributed by atoms with Crippen LogP contribution in [-0.2, 0) is 16.1 Å². The van der Waals surface area contributed by atoms with Crippen molar-refractivity contribution < 1.29 is 9.53 Å². The van der Waals surface area contributed by atoms with Gasteiger partial charge in [-0.15, -0.1) is 0 Å². The molecule has 1 aromatic rings. The third kappa shape index (κ3) is 6.91. The molecule has 1 atom stereocenters. The van der Waals surface area contributed by atoms with Crippen molar-refractivity contribution in [2.75, 3.05) is 0 Å². The summed E-state index contributed by atoms with van der Waals surface area (Å²) < 4.78 is 5.18. The maximum atomic E-state index is 11.6. The summed E-state index contributed by atoms with van der Waals surface area (Å²) in [6.07, 6.45) is 0.704. The molecular weight excluding hydrogens is 252 g/mol. The third-order valence-electron chi connectivity index (χ3n) is 2.64. The molecule has 20 heavy (non-hydrogen) atoms. The maximum Gasteiger partial charge on any atom is 0.306 e. The second-order valence-electron chi connectivity index (χ2n) is 5.76. The summed E-state index contributed by atoms with van der Waals surface area (Å²) >= 11 is 0. The van der Waals surface area contributed by atoms with E-state index in [1.165, 1.54) is 0 Å². The van der Waals surface area contributed by atoms with E-state index < -0.39 is 0 Å². The van der Waals surface area contributed by atoms with Crippen LogP contribution in [0.3, 0.4) is 0 Å². The van der Waals surface area contributed by atoms with Gasteiger partial charge in [-0.05, 0) is 32.8 Å². The lowest BCUT2D eigenvalue weighted by Gasteiger charge is -2.24. The SMILES string of the molecule is CC(C)(C)NC(C#N)CCC(=O)OCc1ccccc1. The number of carbonyl (C=O) groups excluding carboxylic acids is 1. The number of nitriles is 1. The van der Waals surface area contributed by atoms with Crippen molar-refractivity contribution in [1.82, 2.24) is 5.32 Å². The summed E-state index contributed by atoms with van der Waals surface area (Å²) in [5.41, 5.74) is 0.819. The van der Waals surface area contributed by atoms with E-state index in [1.54, 1.807) is 0 Å². The Morgan fingerprint density at radius 1 is 1.35 bits per heavy atom. The lowest BCUT2D eigenvalue weighted by molar-refractivity contribution is -0.145. The van der Waals surface area contributed by atoms with Crippen LogP contribution < -0.4 is 5.32 Å². The molecule has 0 saturated heterocycles. The monoisotopic (exact) mass is 274 g/mol. The molecule has 0 bridgehead atoms. The van der Waals surface area contributed by atoms with Crippen molar-refractivity contribution in [2.45, 2.75) is 51.8 Å². The van der Waals surface area contributed by atoms with Crippen LogP contribution in [0.25, 0.3) is 0 Å². The molecule has 0 aromatic heterocycles. The first-order chi connectivity index (χ1) is 9.40. The van der Waals surface area contributed by atoms with E-state index in [2.05, 4.69) is 11.4 Å². The summed E-state index contributed by atoms with van der Waals surface area (Å²) in [6.45, 7) is 6.25. The number of esters is 1. The molecule has 0 aliphatic rings. The van der Waals surface area contributed by atoms with Gasteiger partial charge in [0.15, 0.2) is 0 Å². The summed E-state index contributed by atoms with van der Waals surface area (Å²) in [5, 5.41) is 12.2. The highest BCUT2D eigenvalue weighted by molar-refractivity contribution is 5.69. The molecule has 0 aliphatic carbocycles. The van der Waals surface area contributed by atoms with Gasteiger partial charge in [-0.25, -0.2) is 0 Å². The Morgan fingerprint density at radius 2 is 2.00 bits per heavy atom. The van der Waals surface area contributed by atoms with Crippen LogP contribution in [0.2, 0.25) is 0 Å². The third-order valence-corrected chi connectivity index (χ3v) is 2.64. The molecule has 0 radical (unpaired) electrons. The largest absolute Gasteiger partial charge is 0.461 e. The fourth-order valence-corrected chi connectivity index (χ4v) is 1.76. The van der Waals surface area contributed by atoms with Gasteiger partial charge in [0.1, 0.15) is 6.61 Å². The molecule has 0 heterocycles. The Labute approximate surface area is 120 Å². The van der Waals surface area contributed by atoms with Crippen molar-refractivity contribution in [2.24, 2.45) is 0 Å². The maximum absolute atomic E-state index is 11.6. The van der Waals surface area contributed by atoms with E-state index in [9.17, 15) is 4.79 Å². The van der Waals surface area contributed by atoms with E-state index >= 15 is 0 Å². The highest BCUT2D eigenvalue weighted by Gasteiger charge is 2.18. The number of benzene rings is 1. The molecule has 0 amide bonds. The molecule has 108 valence electrons. The standard InChI is InChI=1S/C16H22N2O2/c1-16(2,3)18-14(11-17)9-10-15(19)20-12-13-7-5-4-6-8-13/h4-8,14,18H,9-10,12H2,1-3H3. The number of hydrogen-bond donors (Lipinski definition) is 1. The number of hydrogen-bond acceptors (Lipinski definition) is 4. The van der Waals surface area contributed by atoms with Crippen LogP contribution >= 0.6 is 0 Å². The van der Waals surface area contributed by atoms with Crippen LogP contribution in [0.1, 0.15) is 39.2 Å². The first kappa shape index (κ1) is 16.2. The van der Waals surface area contributed by atoms with Gasteiger partial charge in [0.25, 0.3) is 0 Å². The van der Waals surface area contributed by atoms with Gasteiger partial charge in [-0.1, -0.05) is 30.3 Å². The normalized spacial score (nSPS) is 12.5. The van der Waals surface area contributed by atoms with Gasteiger partial charge in [0.2, 0.25) is 0 Å². The van der Waals surface area contributed by atoms with Crippen molar-refractivity contribution in [1.29, 1.82) is 5.26 Å². The summed E-state index contributed by atoms with van der Waals surface area (Å²) in [7, 11) is 0. The predicted octanol–water partition coefficient (Wildman–Crippen LogP) is 2.79. The molecule has 1 aromatic carbocycles. The molecule has 1 unspecified atom stereocenters. The Balaban J connectivity index is 2.30. The smallest absolute Gasteiger partial charge is 0.306 e. The second-order valence-corrected chi connectivity index (χ2v) is 5.76. The number of ether oxygens (including phenoxy) is 1. The van der Waals surface area contributed by atoms with Crippen molar-refractivity contribution in [3.63, 3.8) is 0 Å². The van der Waals surface area contributed by atoms with E-state index in [1.807, 2.05) is 51.1 Å². The molecule has 4 heteroatoms. The van der Waals surface area contributed by atoms with E-state index in [4.69, 9.17) is 10.00 Å². The van der Waals surface area contributed by atoms with Crippen LogP contribution in [0.4, 0.5) is 0 Å². The van der Waals surface area contributed by atoms with Crippen LogP contribution in [0.15, 0.2) is 30.3 Å². The van der Waals surface area contributed by atoms with Crippen LogP contribution in [0.5, 0.6) is 0 Å². The molecule has 0 saturated carbocycles. The highest BCUT2D eigenvalue weighted by atomic mass is 16.5. The molecular formula is C16H22N2O2. The van der Waals surface area contributed by atoms with Gasteiger partial charge in [-0.2, -0.15) is 5.26 Å². The average molecular weight is 274 g/mol. The predicted molar refractivity (Wildman–Crippen MR) is 77.8 cm³/mol. The molecule has 4 nitrogen and oxygen atoms in total. The van der Waals surface area contributed by atoms with Crippen LogP contribution in [0, 0.1) is 11.3 Å². The van der Waals surface area contributed by atoms with Crippen molar-refractivity contribution in [3.05, 3.63) is 35.9 Å². The highest BCUT2D eigenvalue weighted by Crippen LogP contribution is 2.07. The summed E-state index contributed by atoms with van der Waals surface area (Å²) in [4.78, 5) is 11.6. The quantitative estimate of drug-likeness (QED) is 0.810. The van der Waals surface area contributed by atoms with Gasteiger partial charge < -0.3 is 4.74 Å². The fraction of sp³-hybridized carbons (Fsp3) is 0.500. The molecule has 0 fully saturated rings. The Bertz CT molecular complexity index is 458. The zero-order valence-electron chi connectivity index (χ0n) is 12.3. The van der Waals surface area contributed by atoms with E-state index in [-0.39, 0.29) is 30.6 Å². The Morgan fingerprint density at radius 3 is 2.55 bits per heavy atom. The van der Waals surface area contributed by atoms with Gasteiger partial charge >= 0.3 is 5.97 Å². The first-order valence-corrected chi connectivity index (χ1v) is 6.77. The molecule has 1 rings (SSSR count). The molecule has 0 spiro atoms. The Kier molecular flexibility index (Phi) is 6.20. The van der Waals surface area contributed by atoms with E-state index in [0.717, 1.165) is 5.56 Å². The Hall–Kier alpha value is -1.86. The minimum Gasteiger partial charge on any atom is -0.461 e. The van der Waals surface area contributed by atoms with Crippen molar-refractivity contribution >= 4 is 5.97 Å². The number of rotatable bonds is 6. The second kappa shape index (κ2) is 7.66. The zero-order valence-corrected chi connectivity index (χ0v) is 12.3. The summed E-state index contributed by atoms with van der Waals surface area (Å²) in [5.74, 6) is -0.273. The number of nitrogens with zero attached hydrogens (tertiary/aromatic N) is 1. The zero-order chi connectivity index (χ0) is 15.0. The number of carbonyl (C=O) groups is 1. The lowest BCUT2D eigenvalue weighted by Crippen LogP contribution is -2.43. The van der Waals surface area contributed by atoms with Gasteiger partial charge in [-0.3, -0.25) is 10.1 Å². The number of nitrogens with one attached hydrogen (secondary N) is 1. The van der Waals surface area contributed by atoms with E-state index in [0.29, 0.717) is 6.42 Å². The minimum absolute atomic E-state index is 0.145. The van der Waals surface area contributed by atoms with Gasteiger partial charge in [0, 0.05) is 12.0 Å². The lowest BCUT2D eigenvalue weighted by atomic mass is 10.1. The molecule has 1 N–H and O–H groups in total. The first-order valence-electron chi connectivity index (χ1n) is 6.77. The minimum atomic E-state index is -0.334. The fourth-order valence-electron chi connectivity index (χ4n) is 1.76. The topological polar surface area (TPSA) is 62.1 Å².